The smallest absolute Gasteiger partial charge is 0.167 e. The summed E-state index contributed by atoms with van der Waals surface area (Å²) < 4.78 is 5.31. The quantitative estimate of drug-likeness (QED) is 0.773. The Bertz CT molecular complexity index is 385. The predicted octanol–water partition coefficient (Wildman–Crippen LogP) is 1.80. The highest BCUT2D eigenvalue weighted by molar-refractivity contribution is 5.16. The van der Waals surface area contributed by atoms with Gasteiger partial charge in [0.1, 0.15) is 0 Å². The van der Waals surface area contributed by atoms with Gasteiger partial charge in [0.15, 0.2) is 5.60 Å². The fraction of sp³-hybridized carbons (Fsp3) is 0.462. The summed E-state index contributed by atoms with van der Waals surface area (Å²) in [5.41, 5.74) is 0.696. The number of nitriles is 1. The molecule has 1 aromatic carbocycles. The molecule has 1 aliphatic heterocycles. The number of methoxy groups -OCH3 is 1. The van der Waals surface area contributed by atoms with Crippen molar-refractivity contribution >= 4 is 0 Å². The molecular formula is C13H16N2O. The molecule has 16 heavy (non-hydrogen) atoms. The molecule has 0 aliphatic carbocycles. The van der Waals surface area contributed by atoms with Crippen LogP contribution in [0.4, 0.5) is 0 Å². The normalized spacial score (nSPS) is 25.5. The van der Waals surface area contributed by atoms with Gasteiger partial charge in [-0.15, -0.1) is 0 Å². The van der Waals surface area contributed by atoms with Crippen LogP contribution >= 0.6 is 0 Å². The molecule has 1 unspecified atom stereocenters. The maximum Gasteiger partial charge on any atom is 0.167 e. The summed E-state index contributed by atoms with van der Waals surface area (Å²) in [5.74, 6) is 0. The standard InChI is InChI=1S/C13H16N2O/c1-16-13(10-14)7-8-15(11-13)9-12-5-3-2-4-6-12/h2-6H,7-9,11H2,1H3. The van der Waals surface area contributed by atoms with E-state index >= 15 is 0 Å². The zero-order valence-electron chi connectivity index (χ0n) is 9.52. The SMILES string of the molecule is COC1(C#N)CCN(Cc2ccccc2)C1. The molecule has 0 aromatic heterocycles. The van der Waals surface area contributed by atoms with Crippen molar-refractivity contribution in [3.05, 3.63) is 35.9 Å². The number of hydrogen-bond acceptors (Lipinski definition) is 3. The monoisotopic (exact) mass is 216 g/mol. The molecule has 0 spiro atoms. The second-order valence-corrected chi connectivity index (χ2v) is 4.26. The lowest BCUT2D eigenvalue weighted by Gasteiger charge is -2.20. The lowest BCUT2D eigenvalue weighted by atomic mass is 10.1. The van der Waals surface area contributed by atoms with E-state index in [2.05, 4.69) is 23.1 Å². The second kappa shape index (κ2) is 4.65. The van der Waals surface area contributed by atoms with Gasteiger partial charge in [0.05, 0.1) is 6.07 Å². The molecule has 0 saturated carbocycles. The van der Waals surface area contributed by atoms with Crippen LogP contribution in [0, 0.1) is 11.3 Å². The van der Waals surface area contributed by atoms with Gasteiger partial charge < -0.3 is 4.74 Å². The highest BCUT2D eigenvalue weighted by Gasteiger charge is 2.38. The second-order valence-electron chi connectivity index (χ2n) is 4.26. The molecule has 84 valence electrons. The summed E-state index contributed by atoms with van der Waals surface area (Å²) in [5, 5.41) is 9.10. The molecule has 0 radical (unpaired) electrons. The average molecular weight is 216 g/mol. The Labute approximate surface area is 96.2 Å². The van der Waals surface area contributed by atoms with Crippen LogP contribution in [0.3, 0.4) is 0 Å². The van der Waals surface area contributed by atoms with Gasteiger partial charge in [0.2, 0.25) is 0 Å². The minimum Gasteiger partial charge on any atom is -0.362 e. The number of ether oxygens (including phenoxy) is 1. The van der Waals surface area contributed by atoms with E-state index in [-0.39, 0.29) is 0 Å². The molecular weight excluding hydrogens is 200 g/mol. The molecule has 1 fully saturated rings. The Morgan fingerprint density at radius 2 is 2.19 bits per heavy atom. The van der Waals surface area contributed by atoms with Gasteiger partial charge in [-0.3, -0.25) is 4.90 Å². The van der Waals surface area contributed by atoms with E-state index in [9.17, 15) is 0 Å². The van der Waals surface area contributed by atoms with Gasteiger partial charge in [-0.1, -0.05) is 30.3 Å². The number of rotatable bonds is 3. The van der Waals surface area contributed by atoms with Gasteiger partial charge in [-0.05, 0) is 5.56 Å². The van der Waals surface area contributed by atoms with Gasteiger partial charge in [0.25, 0.3) is 0 Å². The number of likely N-dealkylation sites (tertiary alicyclic amines) is 1. The van der Waals surface area contributed by atoms with Crippen LogP contribution in [0.5, 0.6) is 0 Å². The van der Waals surface area contributed by atoms with E-state index < -0.39 is 5.60 Å². The Morgan fingerprint density at radius 3 is 2.75 bits per heavy atom. The van der Waals surface area contributed by atoms with Gasteiger partial charge >= 0.3 is 0 Å². The molecule has 0 amide bonds. The molecule has 1 atom stereocenters. The minimum atomic E-state index is -0.589. The van der Waals surface area contributed by atoms with Crippen molar-refractivity contribution < 1.29 is 4.74 Å². The maximum absolute atomic E-state index is 9.10. The van der Waals surface area contributed by atoms with E-state index in [0.717, 1.165) is 19.5 Å². The fourth-order valence-corrected chi connectivity index (χ4v) is 2.14. The van der Waals surface area contributed by atoms with Crippen molar-refractivity contribution in [1.82, 2.24) is 4.90 Å². The third-order valence-electron chi connectivity index (χ3n) is 3.15. The minimum absolute atomic E-state index is 0.589. The zero-order chi connectivity index (χ0) is 11.4. The topological polar surface area (TPSA) is 36.3 Å². The van der Waals surface area contributed by atoms with E-state index in [0.29, 0.717) is 6.54 Å². The van der Waals surface area contributed by atoms with Crippen LogP contribution in [0.25, 0.3) is 0 Å². The summed E-state index contributed by atoms with van der Waals surface area (Å²) in [6.07, 6.45) is 0.798. The van der Waals surface area contributed by atoms with Crippen LogP contribution in [0.2, 0.25) is 0 Å². The molecule has 1 saturated heterocycles. The van der Waals surface area contributed by atoms with Crippen LogP contribution in [0.15, 0.2) is 30.3 Å². The van der Waals surface area contributed by atoms with Crippen molar-refractivity contribution in [3.8, 4) is 6.07 Å². The molecule has 1 aromatic rings. The van der Waals surface area contributed by atoms with Crippen molar-refractivity contribution in [1.29, 1.82) is 5.26 Å². The highest BCUT2D eigenvalue weighted by Crippen LogP contribution is 2.25. The van der Waals surface area contributed by atoms with Crippen molar-refractivity contribution in [2.75, 3.05) is 20.2 Å². The zero-order valence-corrected chi connectivity index (χ0v) is 9.52. The summed E-state index contributed by atoms with van der Waals surface area (Å²) >= 11 is 0. The first-order valence-corrected chi connectivity index (χ1v) is 5.51. The van der Waals surface area contributed by atoms with Crippen LogP contribution in [-0.4, -0.2) is 30.7 Å². The lowest BCUT2D eigenvalue weighted by molar-refractivity contribution is 0.0462. The fourth-order valence-electron chi connectivity index (χ4n) is 2.14. The first-order chi connectivity index (χ1) is 7.78. The van der Waals surface area contributed by atoms with E-state index in [4.69, 9.17) is 10.00 Å². The Morgan fingerprint density at radius 1 is 1.44 bits per heavy atom. The molecule has 3 heteroatoms. The van der Waals surface area contributed by atoms with E-state index in [1.54, 1.807) is 7.11 Å². The third kappa shape index (κ3) is 2.24. The molecule has 2 rings (SSSR count). The average Bonchev–Trinajstić information content (AvgIpc) is 2.75. The largest absolute Gasteiger partial charge is 0.362 e. The van der Waals surface area contributed by atoms with Gasteiger partial charge in [-0.2, -0.15) is 5.26 Å². The van der Waals surface area contributed by atoms with E-state index in [1.807, 2.05) is 18.2 Å². The van der Waals surface area contributed by atoms with Crippen LogP contribution in [0.1, 0.15) is 12.0 Å². The molecule has 3 nitrogen and oxygen atoms in total. The summed E-state index contributed by atoms with van der Waals surface area (Å²) in [4.78, 5) is 2.27. The number of nitrogens with zero attached hydrogens (tertiary/aromatic N) is 2. The van der Waals surface area contributed by atoms with Gasteiger partial charge in [-0.25, -0.2) is 0 Å². The molecule has 1 heterocycles. The predicted molar refractivity (Wildman–Crippen MR) is 61.7 cm³/mol. The summed E-state index contributed by atoms with van der Waals surface area (Å²) in [6, 6.07) is 12.6. The summed E-state index contributed by atoms with van der Waals surface area (Å²) in [7, 11) is 1.62. The van der Waals surface area contributed by atoms with Crippen molar-refractivity contribution in [3.63, 3.8) is 0 Å². The van der Waals surface area contributed by atoms with Gasteiger partial charge in [0, 0.05) is 33.2 Å². The van der Waals surface area contributed by atoms with Crippen molar-refractivity contribution in [2.45, 2.75) is 18.6 Å². The maximum atomic E-state index is 9.10. The first kappa shape index (κ1) is 11.1. The molecule has 0 N–H and O–H groups in total. The molecule has 1 aliphatic rings. The Kier molecular flexibility index (Phi) is 3.23. The van der Waals surface area contributed by atoms with Crippen molar-refractivity contribution in [2.24, 2.45) is 0 Å². The number of hydrogen-bond donors (Lipinski definition) is 0. The summed E-state index contributed by atoms with van der Waals surface area (Å²) in [6.45, 7) is 2.53. The Hall–Kier alpha value is -1.37. The molecule has 0 bridgehead atoms. The van der Waals surface area contributed by atoms with Crippen LogP contribution in [-0.2, 0) is 11.3 Å². The highest BCUT2D eigenvalue weighted by atomic mass is 16.5. The first-order valence-electron chi connectivity index (χ1n) is 5.51. The lowest BCUT2D eigenvalue weighted by Crippen LogP contribution is -2.33. The van der Waals surface area contributed by atoms with E-state index in [1.165, 1.54) is 5.56 Å². The van der Waals surface area contributed by atoms with Crippen LogP contribution < -0.4 is 0 Å². The Balaban J connectivity index is 1.98. The third-order valence-corrected chi connectivity index (χ3v) is 3.15. The number of benzene rings is 1.